The van der Waals surface area contributed by atoms with Crippen molar-refractivity contribution in [2.24, 2.45) is 0 Å². The largest absolute Gasteiger partial charge is 0.306 e. The van der Waals surface area contributed by atoms with E-state index in [0.717, 1.165) is 18.7 Å². The van der Waals surface area contributed by atoms with E-state index in [9.17, 15) is 5.26 Å². The molecule has 1 heterocycles. The van der Waals surface area contributed by atoms with Crippen LogP contribution < -0.4 is 0 Å². The van der Waals surface area contributed by atoms with Crippen molar-refractivity contribution < 1.29 is 0 Å². The Hall–Kier alpha value is -1.45. The van der Waals surface area contributed by atoms with Crippen molar-refractivity contribution in [3.63, 3.8) is 0 Å². The summed E-state index contributed by atoms with van der Waals surface area (Å²) in [7, 11) is 4.34. The molecule has 0 amide bonds. The molecule has 1 saturated heterocycles. The molecule has 5 heteroatoms. The molecule has 3 rings (SSSR count). The number of nitriles is 1. The number of piperidine rings is 1. The lowest BCUT2D eigenvalue weighted by molar-refractivity contribution is 0.203. The lowest BCUT2D eigenvalue weighted by Crippen LogP contribution is -2.39. The van der Waals surface area contributed by atoms with Crippen LogP contribution in [-0.2, 0) is 0 Å². The molecule has 0 saturated carbocycles. The van der Waals surface area contributed by atoms with Crippen LogP contribution in [0.15, 0.2) is 51.1 Å². The van der Waals surface area contributed by atoms with Crippen LogP contribution in [0.1, 0.15) is 29.5 Å². The summed E-state index contributed by atoms with van der Waals surface area (Å²) in [6.07, 6.45) is 2.38. The molecule has 2 aromatic carbocycles. The highest BCUT2D eigenvalue weighted by molar-refractivity contribution is 8.01. The third kappa shape index (κ3) is 5.30. The molecule has 0 unspecified atom stereocenters. The number of rotatable bonds is 5. The zero-order valence-corrected chi connectivity index (χ0v) is 18.2. The van der Waals surface area contributed by atoms with Gasteiger partial charge in [-0.05, 0) is 88.1 Å². The number of benzene rings is 2. The summed E-state index contributed by atoms with van der Waals surface area (Å²) in [6.45, 7) is 6.45. The van der Waals surface area contributed by atoms with Gasteiger partial charge in [-0.3, -0.25) is 0 Å². The van der Waals surface area contributed by atoms with Crippen molar-refractivity contribution in [1.82, 2.24) is 9.21 Å². The number of nitrogens with zero attached hydrogens (tertiary/aromatic N) is 3. The summed E-state index contributed by atoms with van der Waals surface area (Å²) in [4.78, 5) is 6.03. The van der Waals surface area contributed by atoms with Crippen LogP contribution in [0.3, 0.4) is 0 Å². The van der Waals surface area contributed by atoms with Gasteiger partial charge in [-0.2, -0.15) is 5.26 Å². The smallest absolute Gasteiger partial charge is 0.0992 e. The molecule has 2 aromatic rings. The fraction of sp³-hybridized carbons (Fsp3) is 0.409. The van der Waals surface area contributed by atoms with Gasteiger partial charge in [-0.1, -0.05) is 23.9 Å². The third-order valence-corrected chi connectivity index (χ3v) is 7.54. The van der Waals surface area contributed by atoms with E-state index < -0.39 is 0 Å². The first kappa shape index (κ1) is 20.3. The fourth-order valence-corrected chi connectivity index (χ4v) is 5.51. The van der Waals surface area contributed by atoms with Crippen molar-refractivity contribution in [3.8, 4) is 6.07 Å². The van der Waals surface area contributed by atoms with Crippen molar-refractivity contribution in [2.45, 2.75) is 47.4 Å². The molecule has 0 spiro atoms. The second-order valence-corrected chi connectivity index (χ2v) is 9.58. The Morgan fingerprint density at radius 1 is 1.00 bits per heavy atom. The Morgan fingerprint density at radius 2 is 1.74 bits per heavy atom. The van der Waals surface area contributed by atoms with Gasteiger partial charge in [0.05, 0.1) is 11.6 Å². The molecule has 0 bridgehead atoms. The van der Waals surface area contributed by atoms with Gasteiger partial charge in [0.15, 0.2) is 0 Å². The summed E-state index contributed by atoms with van der Waals surface area (Å²) < 4.78 is 2.45. The molecule has 0 aliphatic carbocycles. The predicted molar refractivity (Wildman–Crippen MR) is 115 cm³/mol. The molecule has 0 aromatic heterocycles. The van der Waals surface area contributed by atoms with E-state index in [0.29, 0.717) is 6.04 Å². The van der Waals surface area contributed by atoms with Gasteiger partial charge in [0, 0.05) is 33.8 Å². The summed E-state index contributed by atoms with van der Waals surface area (Å²) in [5.41, 5.74) is 3.29. The lowest BCUT2D eigenvalue weighted by Gasteiger charge is -2.34. The molecule has 1 fully saturated rings. The zero-order valence-electron chi connectivity index (χ0n) is 16.5. The van der Waals surface area contributed by atoms with Crippen LogP contribution in [0, 0.1) is 25.2 Å². The molecule has 3 nitrogen and oxygen atoms in total. The highest BCUT2D eigenvalue weighted by Crippen LogP contribution is 2.39. The minimum Gasteiger partial charge on any atom is -0.306 e. The van der Waals surface area contributed by atoms with Gasteiger partial charge < -0.3 is 4.90 Å². The van der Waals surface area contributed by atoms with Gasteiger partial charge in [0.2, 0.25) is 0 Å². The Bertz CT molecular complexity index is 834. The second-order valence-electron chi connectivity index (χ2n) is 7.36. The summed E-state index contributed by atoms with van der Waals surface area (Å²) in [5, 5.41) is 9.34. The maximum atomic E-state index is 9.34. The van der Waals surface area contributed by atoms with Crippen molar-refractivity contribution >= 4 is 23.7 Å². The molecule has 142 valence electrons. The van der Waals surface area contributed by atoms with Gasteiger partial charge in [0.25, 0.3) is 0 Å². The fourth-order valence-electron chi connectivity index (χ4n) is 3.26. The van der Waals surface area contributed by atoms with E-state index >= 15 is 0 Å². The van der Waals surface area contributed by atoms with Crippen LogP contribution in [0.4, 0.5) is 0 Å². The molecule has 0 radical (unpaired) electrons. The highest BCUT2D eigenvalue weighted by Gasteiger charge is 2.22. The average molecular weight is 398 g/mol. The second kappa shape index (κ2) is 9.16. The number of aryl methyl sites for hydroxylation is 2. The minimum atomic E-state index is 0.677. The van der Waals surface area contributed by atoms with Gasteiger partial charge in [-0.15, -0.1) is 0 Å². The predicted octanol–water partition coefficient (Wildman–Crippen LogP) is 5.36. The standard InChI is InChI=1S/C22H27N3S2/c1-16-5-6-17(2)21(13-16)26-20-8-7-18(15-23)14-22(20)27-25-11-9-19(10-12-25)24(3)4/h5-8,13-14,19H,9-12H2,1-4H3. The van der Waals surface area contributed by atoms with Crippen LogP contribution in [0.2, 0.25) is 0 Å². The normalized spacial score (nSPS) is 15.9. The van der Waals surface area contributed by atoms with Gasteiger partial charge in [0.1, 0.15) is 0 Å². The minimum absolute atomic E-state index is 0.677. The Kier molecular flexibility index (Phi) is 6.88. The van der Waals surface area contributed by atoms with E-state index in [2.05, 4.69) is 67.5 Å². The van der Waals surface area contributed by atoms with E-state index in [1.807, 2.05) is 12.1 Å². The molecule has 0 N–H and O–H groups in total. The van der Waals surface area contributed by atoms with Crippen LogP contribution in [-0.4, -0.2) is 42.4 Å². The maximum Gasteiger partial charge on any atom is 0.0992 e. The average Bonchev–Trinajstić information content (AvgIpc) is 2.66. The molecule has 1 aliphatic heterocycles. The van der Waals surface area contributed by atoms with Crippen LogP contribution >= 0.6 is 23.7 Å². The Labute approximate surface area is 171 Å². The Morgan fingerprint density at radius 3 is 2.41 bits per heavy atom. The topological polar surface area (TPSA) is 30.3 Å². The molecular weight excluding hydrogens is 370 g/mol. The van der Waals surface area contributed by atoms with E-state index in [1.54, 1.807) is 23.7 Å². The van der Waals surface area contributed by atoms with Crippen molar-refractivity contribution in [3.05, 3.63) is 53.1 Å². The molecule has 1 aliphatic rings. The summed E-state index contributed by atoms with van der Waals surface area (Å²) in [5.74, 6) is 0. The lowest BCUT2D eigenvalue weighted by atomic mass is 10.1. The molecular formula is C22H27N3S2. The first-order chi connectivity index (χ1) is 13.0. The van der Waals surface area contributed by atoms with E-state index in [1.165, 1.54) is 38.7 Å². The van der Waals surface area contributed by atoms with Crippen molar-refractivity contribution in [2.75, 3.05) is 27.2 Å². The summed E-state index contributed by atoms with van der Waals surface area (Å²) in [6, 6.07) is 15.6. The van der Waals surface area contributed by atoms with Crippen LogP contribution in [0.25, 0.3) is 0 Å². The van der Waals surface area contributed by atoms with Gasteiger partial charge in [-0.25, -0.2) is 4.31 Å². The zero-order chi connectivity index (χ0) is 19.4. The van der Waals surface area contributed by atoms with E-state index in [-0.39, 0.29) is 0 Å². The van der Waals surface area contributed by atoms with E-state index in [4.69, 9.17) is 0 Å². The number of hydrogen-bond donors (Lipinski definition) is 0. The first-order valence-electron chi connectivity index (χ1n) is 9.35. The Balaban J connectivity index is 1.79. The highest BCUT2D eigenvalue weighted by atomic mass is 32.2. The molecule has 27 heavy (non-hydrogen) atoms. The quantitative estimate of drug-likeness (QED) is 0.634. The maximum absolute atomic E-state index is 9.34. The van der Waals surface area contributed by atoms with Crippen molar-refractivity contribution in [1.29, 1.82) is 5.26 Å². The monoisotopic (exact) mass is 397 g/mol. The number of hydrogen-bond acceptors (Lipinski definition) is 5. The third-order valence-electron chi connectivity index (χ3n) is 5.02. The first-order valence-corrected chi connectivity index (χ1v) is 10.9. The van der Waals surface area contributed by atoms with Gasteiger partial charge >= 0.3 is 0 Å². The molecule has 0 atom stereocenters. The van der Waals surface area contributed by atoms with Crippen LogP contribution in [0.5, 0.6) is 0 Å². The summed E-state index contributed by atoms with van der Waals surface area (Å²) >= 11 is 3.61. The SMILES string of the molecule is Cc1ccc(C)c(Sc2ccc(C#N)cc2SN2CCC(N(C)C)CC2)c1.